The van der Waals surface area contributed by atoms with Crippen LogP contribution in [0.2, 0.25) is 0 Å². The highest BCUT2D eigenvalue weighted by Gasteiger charge is 2.39. The Kier molecular flexibility index (Phi) is 4.92. The van der Waals surface area contributed by atoms with Crippen LogP contribution in [0.1, 0.15) is 33.6 Å². The number of likely N-dealkylation sites (tertiary alicyclic amines) is 1. The first-order chi connectivity index (χ1) is 11.0. The molecule has 0 bridgehead atoms. The van der Waals surface area contributed by atoms with E-state index in [1.54, 1.807) is 6.92 Å². The fourth-order valence-corrected chi connectivity index (χ4v) is 3.86. The molecule has 1 aliphatic carbocycles. The molecule has 3 fully saturated rings. The average molecular weight is 322 g/mol. The number of nitrogens with one attached hydrogen (secondary N) is 1. The smallest absolute Gasteiger partial charge is 0.237 e. The van der Waals surface area contributed by atoms with Gasteiger partial charge < -0.3 is 10.2 Å². The fraction of sp³-hybridized carbons (Fsp3) is 0.882. The van der Waals surface area contributed by atoms with Gasteiger partial charge in [0.05, 0.1) is 6.04 Å². The molecule has 3 aliphatic rings. The van der Waals surface area contributed by atoms with Crippen molar-refractivity contribution in [1.82, 2.24) is 20.0 Å². The number of amides is 2. The number of rotatable bonds is 4. The molecule has 2 heterocycles. The Bertz CT molecular complexity index is 458. The van der Waals surface area contributed by atoms with Gasteiger partial charge in [0, 0.05) is 58.3 Å². The molecule has 6 nitrogen and oxygen atoms in total. The van der Waals surface area contributed by atoms with Crippen molar-refractivity contribution in [2.24, 2.45) is 5.92 Å². The summed E-state index contributed by atoms with van der Waals surface area (Å²) in [5.74, 6) is 0.924. The first-order valence-corrected chi connectivity index (χ1v) is 8.99. The van der Waals surface area contributed by atoms with Crippen molar-refractivity contribution in [2.45, 2.75) is 51.7 Å². The van der Waals surface area contributed by atoms with Crippen molar-refractivity contribution < 1.29 is 9.59 Å². The van der Waals surface area contributed by atoms with E-state index in [0.29, 0.717) is 18.0 Å². The summed E-state index contributed by atoms with van der Waals surface area (Å²) in [6.45, 7) is 11.5. The van der Waals surface area contributed by atoms with E-state index < -0.39 is 0 Å². The number of carbonyl (C=O) groups is 2. The molecule has 1 N–H and O–H groups in total. The molecular formula is C17H30N4O2. The number of piperazine rings is 1. The molecular weight excluding hydrogens is 292 g/mol. The molecule has 130 valence electrons. The quantitative estimate of drug-likeness (QED) is 0.800. The van der Waals surface area contributed by atoms with Gasteiger partial charge in [-0.25, -0.2) is 0 Å². The highest BCUT2D eigenvalue weighted by atomic mass is 16.2. The van der Waals surface area contributed by atoms with Crippen molar-refractivity contribution in [2.75, 3.05) is 39.3 Å². The zero-order valence-electron chi connectivity index (χ0n) is 14.6. The predicted molar refractivity (Wildman–Crippen MR) is 89.0 cm³/mol. The van der Waals surface area contributed by atoms with Crippen molar-refractivity contribution >= 4 is 11.8 Å². The number of carbonyl (C=O) groups excluding carboxylic acids is 2. The summed E-state index contributed by atoms with van der Waals surface area (Å²) in [5.41, 5.74) is 0. The maximum Gasteiger partial charge on any atom is 0.237 e. The lowest BCUT2D eigenvalue weighted by Gasteiger charge is -2.39. The first-order valence-electron chi connectivity index (χ1n) is 8.99. The lowest BCUT2D eigenvalue weighted by Crippen LogP contribution is -2.53. The van der Waals surface area contributed by atoms with Crippen LogP contribution in [0.5, 0.6) is 0 Å². The zero-order valence-corrected chi connectivity index (χ0v) is 14.6. The van der Waals surface area contributed by atoms with E-state index in [2.05, 4.69) is 22.0 Å². The number of hydrogen-bond donors (Lipinski definition) is 1. The third kappa shape index (κ3) is 3.86. The molecule has 0 aromatic carbocycles. The van der Waals surface area contributed by atoms with Crippen LogP contribution in [0, 0.1) is 5.92 Å². The van der Waals surface area contributed by atoms with Gasteiger partial charge in [-0.2, -0.15) is 0 Å². The lowest BCUT2D eigenvalue weighted by atomic mass is 10.0. The minimum Gasteiger partial charge on any atom is -0.352 e. The third-order valence-electron chi connectivity index (χ3n) is 5.68. The minimum absolute atomic E-state index is 0.0402. The normalized spacial score (nSPS) is 31.2. The Morgan fingerprint density at radius 3 is 2.30 bits per heavy atom. The molecule has 6 heteroatoms. The van der Waals surface area contributed by atoms with E-state index in [9.17, 15) is 9.59 Å². The molecule has 0 aromatic heterocycles. The third-order valence-corrected chi connectivity index (χ3v) is 5.68. The van der Waals surface area contributed by atoms with E-state index in [4.69, 9.17) is 0 Å². The summed E-state index contributed by atoms with van der Waals surface area (Å²) < 4.78 is 0. The number of hydrogen-bond acceptors (Lipinski definition) is 4. The highest BCUT2D eigenvalue weighted by molar-refractivity contribution is 5.81. The van der Waals surface area contributed by atoms with Crippen LogP contribution in [0.3, 0.4) is 0 Å². The Balaban J connectivity index is 1.52. The summed E-state index contributed by atoms with van der Waals surface area (Å²) in [5, 5.41) is 3.12. The maximum atomic E-state index is 12.3. The molecule has 23 heavy (non-hydrogen) atoms. The topological polar surface area (TPSA) is 55.9 Å². The molecule has 0 unspecified atom stereocenters. The molecule has 0 aromatic rings. The second kappa shape index (κ2) is 6.77. The van der Waals surface area contributed by atoms with Crippen molar-refractivity contribution in [1.29, 1.82) is 0 Å². The van der Waals surface area contributed by atoms with Gasteiger partial charge in [-0.1, -0.05) is 6.92 Å². The van der Waals surface area contributed by atoms with Gasteiger partial charge in [-0.15, -0.1) is 0 Å². The SMILES string of the molecule is CC(=O)N1CCN([C@@H]2CN([C@H](C)C(=O)NC3CC3)C[C@H]2C)CC1. The van der Waals surface area contributed by atoms with Gasteiger partial charge in [0.25, 0.3) is 0 Å². The molecule has 3 atom stereocenters. The van der Waals surface area contributed by atoms with Crippen LogP contribution in [-0.2, 0) is 9.59 Å². The Hall–Kier alpha value is -1.14. The van der Waals surface area contributed by atoms with E-state index in [1.807, 2.05) is 11.8 Å². The largest absolute Gasteiger partial charge is 0.352 e. The van der Waals surface area contributed by atoms with E-state index >= 15 is 0 Å². The molecule has 0 radical (unpaired) electrons. The van der Waals surface area contributed by atoms with Gasteiger partial charge in [-0.3, -0.25) is 19.4 Å². The zero-order chi connectivity index (χ0) is 16.6. The van der Waals surface area contributed by atoms with E-state index in [-0.39, 0.29) is 17.9 Å². The van der Waals surface area contributed by atoms with Crippen LogP contribution in [0.15, 0.2) is 0 Å². The van der Waals surface area contributed by atoms with Gasteiger partial charge in [0.1, 0.15) is 0 Å². The molecule has 1 saturated carbocycles. The molecule has 3 rings (SSSR count). The molecule has 2 amide bonds. The number of nitrogens with zero attached hydrogens (tertiary/aromatic N) is 3. The Labute approximate surface area is 139 Å². The highest BCUT2D eigenvalue weighted by Crippen LogP contribution is 2.25. The Morgan fingerprint density at radius 2 is 1.74 bits per heavy atom. The van der Waals surface area contributed by atoms with Gasteiger partial charge in [-0.05, 0) is 25.7 Å². The summed E-state index contributed by atoms with van der Waals surface area (Å²) in [7, 11) is 0. The van der Waals surface area contributed by atoms with Crippen LogP contribution >= 0.6 is 0 Å². The van der Waals surface area contributed by atoms with Crippen LogP contribution in [0.25, 0.3) is 0 Å². The second-order valence-corrected chi connectivity index (χ2v) is 7.50. The minimum atomic E-state index is -0.0402. The van der Waals surface area contributed by atoms with Crippen LogP contribution in [0.4, 0.5) is 0 Å². The lowest BCUT2D eigenvalue weighted by molar-refractivity contribution is -0.131. The summed E-state index contributed by atoms with van der Waals surface area (Å²) in [6, 6.07) is 0.891. The van der Waals surface area contributed by atoms with Crippen LogP contribution < -0.4 is 5.32 Å². The molecule has 0 spiro atoms. The van der Waals surface area contributed by atoms with Gasteiger partial charge in [0.2, 0.25) is 11.8 Å². The van der Waals surface area contributed by atoms with Crippen molar-refractivity contribution in [3.05, 3.63) is 0 Å². The van der Waals surface area contributed by atoms with Crippen LogP contribution in [-0.4, -0.2) is 83.9 Å². The van der Waals surface area contributed by atoms with E-state index in [1.165, 1.54) is 0 Å². The van der Waals surface area contributed by atoms with Crippen molar-refractivity contribution in [3.63, 3.8) is 0 Å². The van der Waals surface area contributed by atoms with E-state index in [0.717, 1.165) is 52.1 Å². The summed E-state index contributed by atoms with van der Waals surface area (Å²) in [6.07, 6.45) is 2.27. The van der Waals surface area contributed by atoms with Gasteiger partial charge >= 0.3 is 0 Å². The standard InChI is InChI=1S/C17H30N4O2/c1-12-10-21(13(2)17(23)18-15-4-5-15)11-16(12)20-8-6-19(7-9-20)14(3)22/h12-13,15-16H,4-11H2,1-3H3,(H,18,23)/t12-,13-,16-/m1/s1. The van der Waals surface area contributed by atoms with Gasteiger partial charge in [0.15, 0.2) is 0 Å². The second-order valence-electron chi connectivity index (χ2n) is 7.50. The summed E-state index contributed by atoms with van der Waals surface area (Å²) >= 11 is 0. The maximum absolute atomic E-state index is 12.3. The molecule has 2 aliphatic heterocycles. The Morgan fingerprint density at radius 1 is 1.09 bits per heavy atom. The summed E-state index contributed by atoms with van der Waals surface area (Å²) in [4.78, 5) is 30.5. The van der Waals surface area contributed by atoms with Crippen molar-refractivity contribution in [3.8, 4) is 0 Å². The monoisotopic (exact) mass is 322 g/mol. The molecule has 2 saturated heterocycles. The fourth-order valence-electron chi connectivity index (χ4n) is 3.86. The first kappa shape index (κ1) is 16.7. The predicted octanol–water partition coefficient (Wildman–Crippen LogP) is 0.138. The average Bonchev–Trinajstić information content (AvgIpc) is 3.26.